The topological polar surface area (TPSA) is 60.2 Å². The summed E-state index contributed by atoms with van der Waals surface area (Å²) >= 11 is 0. The number of halogens is 3. The molecule has 0 atom stereocenters. The number of rotatable bonds is 2. The Labute approximate surface area is 129 Å². The lowest BCUT2D eigenvalue weighted by Gasteiger charge is -2.25. The van der Waals surface area contributed by atoms with Gasteiger partial charge in [-0.25, -0.2) is 4.68 Å². The van der Waals surface area contributed by atoms with Gasteiger partial charge in [-0.05, 0) is 12.1 Å². The zero-order valence-electron chi connectivity index (χ0n) is 12.0. The first-order valence-corrected chi connectivity index (χ1v) is 6.93. The maximum Gasteiger partial charge on any atom is 0.418 e. The van der Waals surface area contributed by atoms with Crippen molar-refractivity contribution < 1.29 is 22.7 Å². The lowest BCUT2D eigenvalue weighted by molar-refractivity contribution is -0.137. The third-order valence-corrected chi connectivity index (χ3v) is 3.47. The Balaban J connectivity index is 1.89. The molecule has 1 aromatic carbocycles. The summed E-state index contributed by atoms with van der Waals surface area (Å²) in [6, 6.07) is 5.00. The number of hydrogen-bond acceptors (Lipinski definition) is 4. The largest absolute Gasteiger partial charge is 0.418 e. The van der Waals surface area contributed by atoms with E-state index >= 15 is 0 Å². The molecule has 1 amide bonds. The maximum absolute atomic E-state index is 13.0. The number of morpholine rings is 1. The SMILES string of the molecule is O=C(c1cn(-c2ccccc2C(F)(F)F)nn1)N1CCOCC1. The van der Waals surface area contributed by atoms with Crippen LogP contribution in [0.4, 0.5) is 13.2 Å². The number of benzene rings is 1. The maximum atomic E-state index is 13.0. The van der Waals surface area contributed by atoms with Crippen molar-refractivity contribution in [2.75, 3.05) is 26.3 Å². The summed E-state index contributed by atoms with van der Waals surface area (Å²) in [5.74, 6) is -0.371. The van der Waals surface area contributed by atoms with Crippen LogP contribution in [0.3, 0.4) is 0 Å². The van der Waals surface area contributed by atoms with Crippen LogP contribution in [0, 0.1) is 0 Å². The number of nitrogens with zero attached hydrogens (tertiary/aromatic N) is 4. The minimum Gasteiger partial charge on any atom is -0.378 e. The Hall–Kier alpha value is -2.42. The quantitative estimate of drug-likeness (QED) is 0.844. The van der Waals surface area contributed by atoms with E-state index in [1.165, 1.54) is 29.3 Å². The van der Waals surface area contributed by atoms with Gasteiger partial charge in [-0.15, -0.1) is 5.10 Å². The van der Waals surface area contributed by atoms with Gasteiger partial charge in [0, 0.05) is 13.1 Å². The highest BCUT2D eigenvalue weighted by Gasteiger charge is 2.34. The van der Waals surface area contributed by atoms with Gasteiger partial charge in [0.25, 0.3) is 5.91 Å². The van der Waals surface area contributed by atoms with Gasteiger partial charge in [-0.1, -0.05) is 17.3 Å². The number of aromatic nitrogens is 3. The summed E-state index contributed by atoms with van der Waals surface area (Å²) in [7, 11) is 0. The number of ether oxygens (including phenoxy) is 1. The molecule has 1 aliphatic rings. The van der Waals surface area contributed by atoms with Crippen LogP contribution < -0.4 is 0 Å². The van der Waals surface area contributed by atoms with Gasteiger partial charge in [0.2, 0.25) is 0 Å². The van der Waals surface area contributed by atoms with Gasteiger partial charge >= 0.3 is 6.18 Å². The van der Waals surface area contributed by atoms with E-state index < -0.39 is 11.7 Å². The summed E-state index contributed by atoms with van der Waals surface area (Å²) in [5, 5.41) is 7.37. The summed E-state index contributed by atoms with van der Waals surface area (Å²) in [6.07, 6.45) is -3.31. The van der Waals surface area contributed by atoms with Crippen LogP contribution in [-0.4, -0.2) is 52.1 Å². The minimum absolute atomic E-state index is 0.00359. The molecule has 0 aliphatic carbocycles. The number of carbonyl (C=O) groups excluding carboxylic acids is 1. The zero-order chi connectivity index (χ0) is 16.4. The van der Waals surface area contributed by atoms with Gasteiger partial charge in [0.05, 0.1) is 30.7 Å². The molecule has 0 unspecified atom stereocenters. The fourth-order valence-corrected chi connectivity index (χ4v) is 2.32. The predicted octanol–water partition coefficient (Wildman–Crippen LogP) is 1.76. The second-order valence-corrected chi connectivity index (χ2v) is 4.97. The molecule has 6 nitrogen and oxygen atoms in total. The number of carbonyl (C=O) groups is 1. The van der Waals surface area contributed by atoms with Gasteiger partial charge in [0.1, 0.15) is 0 Å². The molecule has 2 heterocycles. The number of amides is 1. The summed E-state index contributed by atoms with van der Waals surface area (Å²) in [5.41, 5.74) is -1.01. The molecule has 3 rings (SSSR count). The van der Waals surface area contributed by atoms with Crippen molar-refractivity contribution in [3.63, 3.8) is 0 Å². The van der Waals surface area contributed by atoms with Crippen molar-refractivity contribution in [1.29, 1.82) is 0 Å². The molecule has 2 aromatic rings. The molecule has 0 saturated carbocycles. The first-order chi connectivity index (χ1) is 11.0. The third-order valence-electron chi connectivity index (χ3n) is 3.47. The Morgan fingerprint density at radius 3 is 2.57 bits per heavy atom. The van der Waals surface area contributed by atoms with Gasteiger partial charge < -0.3 is 9.64 Å². The molecule has 0 radical (unpaired) electrons. The van der Waals surface area contributed by atoms with Gasteiger partial charge in [-0.2, -0.15) is 13.2 Å². The van der Waals surface area contributed by atoms with E-state index in [0.717, 1.165) is 10.7 Å². The van der Waals surface area contributed by atoms with Crippen molar-refractivity contribution in [1.82, 2.24) is 19.9 Å². The fourth-order valence-electron chi connectivity index (χ4n) is 2.32. The van der Waals surface area contributed by atoms with Crippen LogP contribution in [0.5, 0.6) is 0 Å². The highest BCUT2D eigenvalue weighted by Crippen LogP contribution is 2.33. The molecular formula is C14H13F3N4O2. The first-order valence-electron chi connectivity index (χ1n) is 6.93. The highest BCUT2D eigenvalue weighted by molar-refractivity contribution is 5.92. The molecule has 1 fully saturated rings. The minimum atomic E-state index is -4.52. The average Bonchev–Trinajstić information content (AvgIpc) is 3.04. The van der Waals surface area contributed by atoms with E-state index in [-0.39, 0.29) is 17.3 Å². The summed E-state index contributed by atoms with van der Waals surface area (Å²) < 4.78 is 45.2. The van der Waals surface area contributed by atoms with Gasteiger partial charge in [0.15, 0.2) is 5.69 Å². The van der Waals surface area contributed by atoms with E-state index in [4.69, 9.17) is 4.74 Å². The second-order valence-electron chi connectivity index (χ2n) is 4.97. The van der Waals surface area contributed by atoms with Crippen LogP contribution in [0.15, 0.2) is 30.5 Å². The van der Waals surface area contributed by atoms with Crippen molar-refractivity contribution >= 4 is 5.91 Å². The monoisotopic (exact) mass is 326 g/mol. The molecule has 122 valence electrons. The molecule has 1 saturated heterocycles. The fraction of sp³-hybridized carbons (Fsp3) is 0.357. The Morgan fingerprint density at radius 1 is 1.17 bits per heavy atom. The van der Waals surface area contributed by atoms with E-state index in [2.05, 4.69) is 10.3 Å². The van der Waals surface area contributed by atoms with Crippen LogP contribution in [0.2, 0.25) is 0 Å². The molecule has 23 heavy (non-hydrogen) atoms. The van der Waals surface area contributed by atoms with E-state index in [9.17, 15) is 18.0 Å². The highest BCUT2D eigenvalue weighted by atomic mass is 19.4. The van der Waals surface area contributed by atoms with Crippen molar-refractivity contribution in [2.45, 2.75) is 6.18 Å². The lowest BCUT2D eigenvalue weighted by Crippen LogP contribution is -2.40. The zero-order valence-corrected chi connectivity index (χ0v) is 12.0. The summed E-state index contributed by atoms with van der Waals surface area (Å²) in [4.78, 5) is 13.8. The Kier molecular flexibility index (Phi) is 4.03. The average molecular weight is 326 g/mol. The number of alkyl halides is 3. The van der Waals surface area contributed by atoms with Crippen LogP contribution in [0.25, 0.3) is 5.69 Å². The lowest BCUT2D eigenvalue weighted by atomic mass is 10.1. The normalized spacial score (nSPS) is 15.7. The second kappa shape index (κ2) is 5.99. The van der Waals surface area contributed by atoms with E-state index in [1.807, 2.05) is 0 Å². The molecular weight excluding hydrogens is 313 g/mol. The Morgan fingerprint density at radius 2 is 1.87 bits per heavy atom. The first kappa shape index (κ1) is 15.5. The molecule has 1 aliphatic heterocycles. The van der Waals surface area contributed by atoms with Crippen molar-refractivity contribution in [3.05, 3.63) is 41.7 Å². The third kappa shape index (κ3) is 3.19. The van der Waals surface area contributed by atoms with Crippen molar-refractivity contribution in [2.24, 2.45) is 0 Å². The van der Waals surface area contributed by atoms with Crippen LogP contribution in [0.1, 0.15) is 16.1 Å². The molecule has 1 aromatic heterocycles. The predicted molar refractivity (Wildman–Crippen MR) is 73.1 cm³/mol. The number of para-hydroxylation sites is 1. The van der Waals surface area contributed by atoms with Crippen LogP contribution in [-0.2, 0) is 10.9 Å². The van der Waals surface area contributed by atoms with Crippen LogP contribution >= 0.6 is 0 Å². The standard InChI is InChI=1S/C14H13F3N4O2/c15-14(16,17)10-3-1-2-4-12(10)21-9-11(18-19-21)13(22)20-5-7-23-8-6-20/h1-4,9H,5-8H2. The van der Waals surface area contributed by atoms with Crippen molar-refractivity contribution in [3.8, 4) is 5.69 Å². The molecule has 0 N–H and O–H groups in total. The van der Waals surface area contributed by atoms with E-state index in [0.29, 0.717) is 26.3 Å². The molecule has 0 spiro atoms. The summed E-state index contributed by atoms with van der Waals surface area (Å²) in [6.45, 7) is 1.70. The Bertz CT molecular complexity index is 708. The smallest absolute Gasteiger partial charge is 0.378 e. The molecule has 9 heteroatoms. The molecule has 0 bridgehead atoms. The number of hydrogen-bond donors (Lipinski definition) is 0. The van der Waals surface area contributed by atoms with Gasteiger partial charge in [-0.3, -0.25) is 4.79 Å². The van der Waals surface area contributed by atoms with E-state index in [1.54, 1.807) is 0 Å².